The molecule has 0 aliphatic carbocycles. The maximum Gasteiger partial charge on any atom is 0.277 e. The molecule has 0 bridgehead atoms. The second kappa shape index (κ2) is 6.16. The Kier molecular flexibility index (Phi) is 4.03. The summed E-state index contributed by atoms with van der Waals surface area (Å²) >= 11 is 1.27. The SMILES string of the molecule is CCn1c(C)c(/C=c2\sc3nc(C)c(C)c(=O)n3c2=O)c2cc(C)ccc21. The van der Waals surface area contributed by atoms with Gasteiger partial charge in [-0.3, -0.25) is 9.59 Å². The smallest absolute Gasteiger partial charge is 0.277 e. The fourth-order valence-corrected chi connectivity index (χ4v) is 4.61. The van der Waals surface area contributed by atoms with Crippen LogP contribution in [0.2, 0.25) is 0 Å². The van der Waals surface area contributed by atoms with Gasteiger partial charge in [-0.05, 0) is 52.8 Å². The highest BCUT2D eigenvalue weighted by Gasteiger charge is 2.15. The van der Waals surface area contributed by atoms with Gasteiger partial charge >= 0.3 is 0 Å². The van der Waals surface area contributed by atoms with Gasteiger partial charge in [-0.15, -0.1) is 0 Å². The second-order valence-electron chi connectivity index (χ2n) is 6.93. The van der Waals surface area contributed by atoms with Gasteiger partial charge < -0.3 is 4.57 Å². The van der Waals surface area contributed by atoms with Crippen LogP contribution in [0.5, 0.6) is 0 Å². The zero-order valence-corrected chi connectivity index (χ0v) is 16.9. The van der Waals surface area contributed by atoms with Crippen molar-refractivity contribution in [3.8, 4) is 0 Å². The molecule has 0 fully saturated rings. The number of aryl methyl sites for hydroxylation is 3. The average Bonchev–Trinajstić information content (AvgIpc) is 3.07. The van der Waals surface area contributed by atoms with Crippen molar-refractivity contribution in [2.75, 3.05) is 0 Å². The van der Waals surface area contributed by atoms with Crippen LogP contribution in [0.15, 0.2) is 27.8 Å². The molecular weight excluding hydrogens is 358 g/mol. The molecule has 0 unspecified atom stereocenters. The van der Waals surface area contributed by atoms with E-state index in [2.05, 4.69) is 48.5 Å². The van der Waals surface area contributed by atoms with Gasteiger partial charge in [0.2, 0.25) is 4.96 Å². The Hall–Kier alpha value is -2.73. The minimum Gasteiger partial charge on any atom is -0.345 e. The Morgan fingerprint density at radius 1 is 1.11 bits per heavy atom. The summed E-state index contributed by atoms with van der Waals surface area (Å²) in [5.41, 5.74) is 5.09. The minimum atomic E-state index is -0.292. The first-order valence-corrected chi connectivity index (χ1v) is 9.79. The molecule has 27 heavy (non-hydrogen) atoms. The largest absolute Gasteiger partial charge is 0.345 e. The molecule has 6 heteroatoms. The molecule has 0 saturated carbocycles. The summed E-state index contributed by atoms with van der Waals surface area (Å²) in [4.78, 5) is 30.3. The van der Waals surface area contributed by atoms with Crippen molar-refractivity contribution >= 4 is 33.3 Å². The van der Waals surface area contributed by atoms with E-state index in [1.54, 1.807) is 13.8 Å². The van der Waals surface area contributed by atoms with Gasteiger partial charge in [0.25, 0.3) is 11.1 Å². The van der Waals surface area contributed by atoms with E-state index in [-0.39, 0.29) is 11.1 Å². The Bertz CT molecular complexity index is 1390. The lowest BCUT2D eigenvalue weighted by Gasteiger charge is -2.03. The van der Waals surface area contributed by atoms with E-state index >= 15 is 0 Å². The predicted molar refractivity (Wildman–Crippen MR) is 111 cm³/mol. The van der Waals surface area contributed by atoms with Gasteiger partial charge in [-0.2, -0.15) is 0 Å². The van der Waals surface area contributed by atoms with Crippen molar-refractivity contribution in [1.82, 2.24) is 14.0 Å². The second-order valence-corrected chi connectivity index (χ2v) is 7.93. The molecule has 0 amide bonds. The molecule has 1 aromatic carbocycles. The van der Waals surface area contributed by atoms with Gasteiger partial charge in [0, 0.05) is 40.0 Å². The van der Waals surface area contributed by atoms with Crippen molar-refractivity contribution < 1.29 is 0 Å². The van der Waals surface area contributed by atoms with Crippen LogP contribution in [-0.4, -0.2) is 14.0 Å². The first-order chi connectivity index (χ1) is 12.8. The number of benzene rings is 1. The highest BCUT2D eigenvalue weighted by Crippen LogP contribution is 2.27. The van der Waals surface area contributed by atoms with E-state index in [1.165, 1.54) is 21.3 Å². The zero-order chi connectivity index (χ0) is 19.5. The van der Waals surface area contributed by atoms with Gasteiger partial charge in [-0.1, -0.05) is 23.0 Å². The van der Waals surface area contributed by atoms with Crippen LogP contribution >= 0.6 is 11.3 Å². The van der Waals surface area contributed by atoms with Crippen LogP contribution in [0.1, 0.15) is 35.0 Å². The summed E-state index contributed by atoms with van der Waals surface area (Å²) in [6, 6.07) is 6.38. The standard InChI is InChI=1S/C21H21N3O2S/c1-6-23-14(5)15(16-9-11(2)7-8-17(16)23)10-18-20(26)24-19(25)12(3)13(4)22-21(24)27-18/h7-10H,6H2,1-5H3/b18-10-. The number of rotatable bonds is 2. The number of aromatic nitrogens is 3. The molecule has 0 spiro atoms. The molecule has 3 heterocycles. The van der Waals surface area contributed by atoms with E-state index in [0.29, 0.717) is 20.8 Å². The molecule has 0 atom stereocenters. The normalized spacial score (nSPS) is 12.6. The molecule has 138 valence electrons. The van der Waals surface area contributed by atoms with Crippen LogP contribution < -0.4 is 15.7 Å². The van der Waals surface area contributed by atoms with Crippen molar-refractivity contribution in [2.45, 2.75) is 41.2 Å². The Balaban J connectivity index is 2.12. The summed E-state index contributed by atoms with van der Waals surface area (Å²) in [5.74, 6) is 0. The minimum absolute atomic E-state index is 0.276. The Labute approximate surface area is 160 Å². The van der Waals surface area contributed by atoms with Crippen LogP contribution in [0.3, 0.4) is 0 Å². The van der Waals surface area contributed by atoms with Crippen LogP contribution in [0.25, 0.3) is 21.9 Å². The Morgan fingerprint density at radius 3 is 2.56 bits per heavy atom. The van der Waals surface area contributed by atoms with Gasteiger partial charge in [-0.25, -0.2) is 9.38 Å². The summed E-state index contributed by atoms with van der Waals surface area (Å²) in [6.45, 7) is 10.6. The van der Waals surface area contributed by atoms with E-state index in [9.17, 15) is 9.59 Å². The van der Waals surface area contributed by atoms with Crippen molar-refractivity contribution in [3.63, 3.8) is 0 Å². The summed E-state index contributed by atoms with van der Waals surface area (Å²) in [6.07, 6.45) is 1.91. The molecule has 0 N–H and O–H groups in total. The lowest BCUT2D eigenvalue weighted by molar-refractivity contribution is 0.768. The fourth-order valence-electron chi connectivity index (χ4n) is 3.62. The summed E-state index contributed by atoms with van der Waals surface area (Å²) in [5, 5.41) is 1.12. The lowest BCUT2D eigenvalue weighted by Crippen LogP contribution is -2.32. The number of thiazole rings is 1. The molecule has 3 aromatic heterocycles. The number of nitrogens with zero attached hydrogens (tertiary/aromatic N) is 3. The molecule has 5 nitrogen and oxygen atoms in total. The van der Waals surface area contributed by atoms with Gasteiger partial charge in [0.1, 0.15) is 0 Å². The van der Waals surface area contributed by atoms with Crippen molar-refractivity contribution in [3.05, 3.63) is 71.5 Å². The highest BCUT2D eigenvalue weighted by atomic mass is 32.1. The molecular formula is C21H21N3O2S. The monoisotopic (exact) mass is 379 g/mol. The first kappa shape index (κ1) is 17.7. The molecule has 0 radical (unpaired) electrons. The van der Waals surface area contributed by atoms with Crippen molar-refractivity contribution in [2.24, 2.45) is 0 Å². The fraction of sp³-hybridized carbons (Fsp3) is 0.286. The number of hydrogen-bond acceptors (Lipinski definition) is 4. The van der Waals surface area contributed by atoms with Gasteiger partial charge in [0.05, 0.1) is 4.53 Å². The first-order valence-electron chi connectivity index (χ1n) is 8.97. The summed E-state index contributed by atoms with van der Waals surface area (Å²) in [7, 11) is 0. The number of fused-ring (bicyclic) bond motifs is 2. The van der Waals surface area contributed by atoms with Crippen LogP contribution in [-0.2, 0) is 6.54 Å². The van der Waals surface area contributed by atoms with E-state index < -0.39 is 0 Å². The Morgan fingerprint density at radius 2 is 1.85 bits per heavy atom. The molecule has 0 aliphatic heterocycles. The molecule has 4 aromatic rings. The van der Waals surface area contributed by atoms with Crippen LogP contribution in [0, 0.1) is 27.7 Å². The maximum atomic E-state index is 12.9. The summed E-state index contributed by atoms with van der Waals surface area (Å²) < 4.78 is 3.97. The average molecular weight is 379 g/mol. The van der Waals surface area contributed by atoms with E-state index in [1.807, 2.05) is 6.08 Å². The van der Waals surface area contributed by atoms with Gasteiger partial charge in [0.15, 0.2) is 0 Å². The van der Waals surface area contributed by atoms with E-state index in [0.717, 1.165) is 28.7 Å². The number of hydrogen-bond donors (Lipinski definition) is 0. The van der Waals surface area contributed by atoms with Crippen LogP contribution in [0.4, 0.5) is 0 Å². The zero-order valence-electron chi connectivity index (χ0n) is 16.1. The lowest BCUT2D eigenvalue weighted by atomic mass is 10.1. The molecule has 4 rings (SSSR count). The van der Waals surface area contributed by atoms with Crippen molar-refractivity contribution in [1.29, 1.82) is 0 Å². The molecule has 0 saturated heterocycles. The quantitative estimate of drug-likeness (QED) is 0.538. The third-order valence-electron chi connectivity index (χ3n) is 5.26. The van der Waals surface area contributed by atoms with E-state index in [4.69, 9.17) is 0 Å². The maximum absolute atomic E-state index is 12.9. The third-order valence-corrected chi connectivity index (χ3v) is 6.22. The topological polar surface area (TPSA) is 56.4 Å². The predicted octanol–water partition coefficient (Wildman–Crippen LogP) is 2.87. The molecule has 0 aliphatic rings. The highest BCUT2D eigenvalue weighted by molar-refractivity contribution is 7.15. The third kappa shape index (κ3) is 2.55.